The smallest absolute Gasteiger partial charge is 0.311 e. The first-order chi connectivity index (χ1) is 12.6. The van der Waals surface area contributed by atoms with Gasteiger partial charge in [-0.05, 0) is 36.4 Å². The van der Waals surface area contributed by atoms with Crippen LogP contribution in [-0.2, 0) is 16.0 Å². The number of esters is 1. The van der Waals surface area contributed by atoms with Crippen molar-refractivity contribution in [3.8, 4) is 5.75 Å². The van der Waals surface area contributed by atoms with Gasteiger partial charge in [0.05, 0.1) is 43.1 Å². The van der Waals surface area contributed by atoms with Gasteiger partial charge in [0.2, 0.25) is 0 Å². The number of rotatable bonds is 5. The molecule has 0 saturated carbocycles. The Morgan fingerprint density at radius 2 is 1.69 bits per heavy atom. The minimum Gasteiger partial charge on any atom is -0.507 e. The lowest BCUT2D eigenvalue weighted by molar-refractivity contribution is -0.139. The number of carbonyl (C=O) groups excluding carboxylic acids is 1. The van der Waals surface area contributed by atoms with Crippen LogP contribution in [0.3, 0.4) is 0 Å². The standard InChI is InChI=1S/C20H18N2O4/c1-25-14-9-7-13(8-10-14)19(23)11-17-18(12-20(24)26-2)22-16-6-4-3-5-15(16)21-17/h3-11,23H,12H2,1-2H3/b19-11-. The highest BCUT2D eigenvalue weighted by Crippen LogP contribution is 2.21. The minimum atomic E-state index is -0.423. The maximum absolute atomic E-state index is 11.7. The van der Waals surface area contributed by atoms with Crippen molar-refractivity contribution >= 4 is 28.8 Å². The molecular weight excluding hydrogens is 332 g/mol. The Morgan fingerprint density at radius 1 is 1.04 bits per heavy atom. The SMILES string of the molecule is COC(=O)Cc1nc2ccccc2nc1/C=C(\O)c1ccc(OC)cc1. The first-order valence-corrected chi connectivity index (χ1v) is 7.98. The zero-order valence-corrected chi connectivity index (χ0v) is 14.5. The molecule has 0 saturated heterocycles. The van der Waals surface area contributed by atoms with Gasteiger partial charge in [-0.2, -0.15) is 0 Å². The second-order valence-electron chi connectivity index (χ2n) is 5.56. The van der Waals surface area contributed by atoms with Gasteiger partial charge in [-0.1, -0.05) is 12.1 Å². The first-order valence-electron chi connectivity index (χ1n) is 7.98. The lowest BCUT2D eigenvalue weighted by Gasteiger charge is -2.08. The third kappa shape index (κ3) is 3.80. The number of benzene rings is 2. The maximum Gasteiger partial charge on any atom is 0.311 e. The molecule has 0 aliphatic heterocycles. The lowest BCUT2D eigenvalue weighted by atomic mass is 10.1. The van der Waals surface area contributed by atoms with Crippen LogP contribution < -0.4 is 4.74 Å². The van der Waals surface area contributed by atoms with E-state index < -0.39 is 5.97 Å². The fourth-order valence-corrected chi connectivity index (χ4v) is 2.48. The number of aromatic nitrogens is 2. The van der Waals surface area contributed by atoms with Crippen LogP contribution in [0.4, 0.5) is 0 Å². The van der Waals surface area contributed by atoms with Crippen LogP contribution in [0.15, 0.2) is 48.5 Å². The summed E-state index contributed by atoms with van der Waals surface area (Å²) >= 11 is 0. The van der Waals surface area contributed by atoms with Crippen molar-refractivity contribution in [1.82, 2.24) is 9.97 Å². The van der Waals surface area contributed by atoms with Crippen molar-refractivity contribution in [2.45, 2.75) is 6.42 Å². The van der Waals surface area contributed by atoms with Gasteiger partial charge in [-0.3, -0.25) is 4.79 Å². The summed E-state index contributed by atoms with van der Waals surface area (Å²) in [5.41, 5.74) is 2.81. The van der Waals surface area contributed by atoms with E-state index in [-0.39, 0.29) is 12.2 Å². The van der Waals surface area contributed by atoms with Crippen molar-refractivity contribution in [3.05, 3.63) is 65.5 Å². The Hall–Kier alpha value is -3.41. The van der Waals surface area contributed by atoms with E-state index in [1.807, 2.05) is 24.3 Å². The second-order valence-corrected chi connectivity index (χ2v) is 5.56. The molecule has 0 bridgehead atoms. The quantitative estimate of drug-likeness (QED) is 0.561. The van der Waals surface area contributed by atoms with Crippen LogP contribution in [-0.4, -0.2) is 35.3 Å². The zero-order chi connectivity index (χ0) is 18.5. The average Bonchev–Trinajstić information content (AvgIpc) is 2.68. The lowest BCUT2D eigenvalue weighted by Crippen LogP contribution is -2.09. The van der Waals surface area contributed by atoms with Gasteiger partial charge in [-0.25, -0.2) is 9.97 Å². The van der Waals surface area contributed by atoms with E-state index >= 15 is 0 Å². The third-order valence-electron chi connectivity index (χ3n) is 3.87. The highest BCUT2D eigenvalue weighted by molar-refractivity contribution is 5.82. The Kier molecular flexibility index (Phi) is 5.12. The number of aliphatic hydroxyl groups is 1. The topological polar surface area (TPSA) is 81.5 Å². The summed E-state index contributed by atoms with van der Waals surface area (Å²) in [5.74, 6) is 0.287. The van der Waals surface area contributed by atoms with Gasteiger partial charge in [0.1, 0.15) is 11.5 Å². The molecule has 0 unspecified atom stereocenters. The van der Waals surface area contributed by atoms with Crippen LogP contribution >= 0.6 is 0 Å². The van der Waals surface area contributed by atoms with E-state index in [1.165, 1.54) is 13.2 Å². The van der Waals surface area contributed by atoms with Gasteiger partial charge in [-0.15, -0.1) is 0 Å². The molecule has 0 aliphatic rings. The van der Waals surface area contributed by atoms with Crippen LogP contribution in [0, 0.1) is 0 Å². The van der Waals surface area contributed by atoms with Crippen molar-refractivity contribution in [2.75, 3.05) is 14.2 Å². The molecule has 3 aromatic rings. The van der Waals surface area contributed by atoms with Gasteiger partial charge in [0.15, 0.2) is 0 Å². The second kappa shape index (κ2) is 7.65. The monoisotopic (exact) mass is 350 g/mol. The van der Waals surface area contributed by atoms with Crippen LogP contribution in [0.2, 0.25) is 0 Å². The Balaban J connectivity index is 2.05. The molecule has 0 amide bonds. The maximum atomic E-state index is 11.7. The van der Waals surface area contributed by atoms with Crippen LogP contribution in [0.1, 0.15) is 17.0 Å². The molecule has 6 heteroatoms. The largest absolute Gasteiger partial charge is 0.507 e. The number of ether oxygens (including phenoxy) is 2. The molecule has 0 atom stereocenters. The summed E-state index contributed by atoms with van der Waals surface area (Å²) in [6, 6.07) is 14.3. The van der Waals surface area contributed by atoms with Crippen molar-refractivity contribution in [1.29, 1.82) is 0 Å². The third-order valence-corrected chi connectivity index (χ3v) is 3.87. The minimum absolute atomic E-state index is 0.0170. The Labute approximate surface area is 150 Å². The molecule has 2 aromatic carbocycles. The number of carbonyl (C=O) groups is 1. The number of fused-ring (bicyclic) bond motifs is 1. The van der Waals surface area contributed by atoms with E-state index in [4.69, 9.17) is 9.47 Å². The van der Waals surface area contributed by atoms with Crippen LogP contribution in [0.25, 0.3) is 22.9 Å². The van der Waals surface area contributed by atoms with Gasteiger partial charge < -0.3 is 14.6 Å². The number of methoxy groups -OCH3 is 2. The number of hydrogen-bond acceptors (Lipinski definition) is 6. The summed E-state index contributed by atoms with van der Waals surface area (Å²) in [7, 11) is 2.90. The molecular formula is C20H18N2O4. The summed E-state index contributed by atoms with van der Waals surface area (Å²) in [6.45, 7) is 0. The fraction of sp³-hybridized carbons (Fsp3) is 0.150. The molecule has 26 heavy (non-hydrogen) atoms. The first kappa shape index (κ1) is 17.4. The van der Waals surface area contributed by atoms with Crippen molar-refractivity contribution < 1.29 is 19.4 Å². The van der Waals surface area contributed by atoms with E-state index in [0.717, 1.165) is 0 Å². The highest BCUT2D eigenvalue weighted by atomic mass is 16.5. The van der Waals surface area contributed by atoms with Gasteiger partial charge in [0, 0.05) is 11.6 Å². The van der Waals surface area contributed by atoms with Crippen molar-refractivity contribution in [2.24, 2.45) is 0 Å². The molecule has 0 fully saturated rings. The van der Waals surface area contributed by atoms with Gasteiger partial charge in [0.25, 0.3) is 0 Å². The van der Waals surface area contributed by atoms with E-state index in [1.54, 1.807) is 31.4 Å². The zero-order valence-electron chi connectivity index (χ0n) is 14.5. The molecule has 0 aliphatic carbocycles. The van der Waals surface area contributed by atoms with E-state index in [2.05, 4.69) is 9.97 Å². The molecule has 1 aromatic heterocycles. The summed E-state index contributed by atoms with van der Waals surface area (Å²) in [6.07, 6.45) is 1.47. The Bertz CT molecular complexity index is 965. The highest BCUT2D eigenvalue weighted by Gasteiger charge is 2.13. The fourth-order valence-electron chi connectivity index (χ4n) is 2.48. The predicted octanol–water partition coefficient (Wildman–Crippen LogP) is 3.41. The van der Waals surface area contributed by atoms with Gasteiger partial charge >= 0.3 is 5.97 Å². The normalized spacial score (nSPS) is 11.4. The molecule has 1 N–H and O–H groups in total. The average molecular weight is 350 g/mol. The Morgan fingerprint density at radius 3 is 2.31 bits per heavy atom. The molecule has 132 valence electrons. The number of aliphatic hydroxyl groups excluding tert-OH is 1. The molecule has 0 radical (unpaired) electrons. The van der Waals surface area contributed by atoms with E-state index in [9.17, 15) is 9.90 Å². The molecule has 3 rings (SSSR count). The predicted molar refractivity (Wildman–Crippen MR) is 98.8 cm³/mol. The summed E-state index contributed by atoms with van der Waals surface area (Å²) in [5, 5.41) is 10.5. The number of hydrogen-bond donors (Lipinski definition) is 1. The molecule has 6 nitrogen and oxygen atoms in total. The van der Waals surface area contributed by atoms with Crippen LogP contribution in [0.5, 0.6) is 5.75 Å². The molecule has 0 spiro atoms. The number of para-hydroxylation sites is 2. The van der Waals surface area contributed by atoms with Crippen molar-refractivity contribution in [3.63, 3.8) is 0 Å². The summed E-state index contributed by atoms with van der Waals surface area (Å²) in [4.78, 5) is 20.7. The number of nitrogens with zero attached hydrogens (tertiary/aromatic N) is 2. The van der Waals surface area contributed by atoms with E-state index in [0.29, 0.717) is 33.7 Å². The summed E-state index contributed by atoms with van der Waals surface area (Å²) < 4.78 is 9.85. The molecule has 1 heterocycles.